The van der Waals surface area contributed by atoms with Gasteiger partial charge in [-0.1, -0.05) is 6.42 Å². The summed E-state index contributed by atoms with van der Waals surface area (Å²) in [5.41, 5.74) is 7.25. The Morgan fingerprint density at radius 1 is 1.32 bits per heavy atom. The van der Waals surface area contributed by atoms with E-state index in [-0.39, 0.29) is 11.8 Å². The third-order valence-corrected chi connectivity index (χ3v) is 5.46. The largest absolute Gasteiger partial charge is 0.345 e. The van der Waals surface area contributed by atoms with Crippen LogP contribution >= 0.6 is 0 Å². The van der Waals surface area contributed by atoms with Crippen molar-refractivity contribution in [2.45, 2.75) is 44.6 Å². The summed E-state index contributed by atoms with van der Waals surface area (Å²) in [6, 6.07) is 0.322. The summed E-state index contributed by atoms with van der Waals surface area (Å²) in [5, 5.41) is 0. The first-order valence-electron chi connectivity index (χ1n) is 8.40. The first-order valence-corrected chi connectivity index (χ1v) is 8.40. The third-order valence-electron chi connectivity index (χ3n) is 5.46. The van der Waals surface area contributed by atoms with Gasteiger partial charge < -0.3 is 10.6 Å². The molecule has 2 N–H and O–H groups in total. The van der Waals surface area contributed by atoms with Gasteiger partial charge in [-0.05, 0) is 37.5 Å². The van der Waals surface area contributed by atoms with Crippen molar-refractivity contribution in [3.8, 4) is 0 Å². The molecule has 1 amide bonds. The minimum absolute atomic E-state index is 0.168. The standard InChI is InChI=1S/C17H26N4O/c1-21(8-5-15-11-19-6-7-20-15)17(22)14-9-12-3-2-4-13(10-14)16(12)18/h6-7,11-14,16H,2-5,8-10,18H2,1H3. The lowest BCUT2D eigenvalue weighted by Crippen LogP contribution is -2.49. The number of aromatic nitrogens is 2. The highest BCUT2D eigenvalue weighted by molar-refractivity contribution is 5.78. The van der Waals surface area contributed by atoms with E-state index in [1.54, 1.807) is 18.6 Å². The summed E-state index contributed by atoms with van der Waals surface area (Å²) in [7, 11) is 1.91. The van der Waals surface area contributed by atoms with Crippen molar-refractivity contribution in [3.05, 3.63) is 24.3 Å². The number of carbonyl (C=O) groups excluding carboxylic acids is 1. The Morgan fingerprint density at radius 3 is 2.68 bits per heavy atom. The van der Waals surface area contributed by atoms with Gasteiger partial charge in [0.15, 0.2) is 0 Å². The molecule has 120 valence electrons. The second-order valence-corrected chi connectivity index (χ2v) is 6.90. The second kappa shape index (κ2) is 6.73. The average molecular weight is 302 g/mol. The summed E-state index contributed by atoms with van der Waals surface area (Å²) in [6.07, 6.45) is 11.5. The molecular weight excluding hydrogens is 276 g/mol. The van der Waals surface area contributed by atoms with Crippen LogP contribution in [-0.2, 0) is 11.2 Å². The van der Waals surface area contributed by atoms with E-state index >= 15 is 0 Å². The van der Waals surface area contributed by atoms with Crippen LogP contribution in [0, 0.1) is 17.8 Å². The molecule has 0 radical (unpaired) electrons. The van der Waals surface area contributed by atoms with Gasteiger partial charge in [0.2, 0.25) is 5.91 Å². The highest BCUT2D eigenvalue weighted by Gasteiger charge is 2.41. The van der Waals surface area contributed by atoms with Crippen LogP contribution < -0.4 is 5.73 Å². The van der Waals surface area contributed by atoms with Gasteiger partial charge in [-0.3, -0.25) is 14.8 Å². The molecule has 2 fully saturated rings. The van der Waals surface area contributed by atoms with E-state index < -0.39 is 0 Å². The molecule has 2 atom stereocenters. The maximum absolute atomic E-state index is 12.7. The van der Waals surface area contributed by atoms with Gasteiger partial charge >= 0.3 is 0 Å². The third kappa shape index (κ3) is 3.29. The molecular formula is C17H26N4O. The van der Waals surface area contributed by atoms with Gasteiger partial charge in [0.25, 0.3) is 0 Å². The highest BCUT2D eigenvalue weighted by Crippen LogP contribution is 2.42. The summed E-state index contributed by atoms with van der Waals surface area (Å²) >= 11 is 0. The second-order valence-electron chi connectivity index (χ2n) is 6.90. The predicted molar refractivity (Wildman–Crippen MR) is 84.9 cm³/mol. The van der Waals surface area contributed by atoms with Gasteiger partial charge in [-0.15, -0.1) is 0 Å². The van der Waals surface area contributed by atoms with Crippen molar-refractivity contribution < 1.29 is 4.79 Å². The molecule has 1 aromatic rings. The Balaban J connectivity index is 1.54. The maximum atomic E-state index is 12.7. The van der Waals surface area contributed by atoms with Crippen LogP contribution in [0.5, 0.6) is 0 Å². The van der Waals surface area contributed by atoms with E-state index in [4.69, 9.17) is 5.73 Å². The van der Waals surface area contributed by atoms with Gasteiger partial charge in [-0.25, -0.2) is 0 Å². The molecule has 2 aliphatic rings. The molecule has 0 aliphatic heterocycles. The van der Waals surface area contributed by atoms with E-state index in [0.29, 0.717) is 24.4 Å². The van der Waals surface area contributed by atoms with Crippen LogP contribution in [0.4, 0.5) is 0 Å². The first-order chi connectivity index (χ1) is 10.6. The molecule has 2 saturated carbocycles. The number of carbonyl (C=O) groups is 1. The number of amides is 1. The van der Waals surface area contributed by atoms with E-state index in [1.807, 2.05) is 11.9 Å². The lowest BCUT2D eigenvalue weighted by atomic mass is 9.65. The zero-order chi connectivity index (χ0) is 15.5. The van der Waals surface area contributed by atoms with Gasteiger partial charge in [-0.2, -0.15) is 0 Å². The fourth-order valence-corrected chi connectivity index (χ4v) is 4.15. The zero-order valence-electron chi connectivity index (χ0n) is 13.3. The fraction of sp³-hybridized carbons (Fsp3) is 0.706. The monoisotopic (exact) mass is 302 g/mol. The number of nitrogens with zero attached hydrogens (tertiary/aromatic N) is 3. The number of nitrogens with two attached hydrogens (primary N) is 1. The molecule has 22 heavy (non-hydrogen) atoms. The molecule has 2 bridgehead atoms. The van der Waals surface area contributed by atoms with Gasteiger partial charge in [0.05, 0.1) is 5.69 Å². The number of rotatable bonds is 4. The van der Waals surface area contributed by atoms with Crippen molar-refractivity contribution in [1.82, 2.24) is 14.9 Å². The van der Waals surface area contributed by atoms with E-state index in [9.17, 15) is 4.79 Å². The average Bonchev–Trinajstić information content (AvgIpc) is 2.52. The fourth-order valence-electron chi connectivity index (χ4n) is 4.15. The maximum Gasteiger partial charge on any atom is 0.225 e. The first kappa shape index (κ1) is 15.4. The number of fused-ring (bicyclic) bond motifs is 2. The minimum atomic E-state index is 0.168. The molecule has 0 saturated heterocycles. The number of hydrogen-bond donors (Lipinski definition) is 1. The normalized spacial score (nSPS) is 30.8. The smallest absolute Gasteiger partial charge is 0.225 e. The number of hydrogen-bond acceptors (Lipinski definition) is 4. The van der Waals surface area contributed by atoms with E-state index in [2.05, 4.69) is 9.97 Å². The molecule has 3 rings (SSSR count). The topological polar surface area (TPSA) is 72.1 Å². The molecule has 1 aromatic heterocycles. The van der Waals surface area contributed by atoms with E-state index in [0.717, 1.165) is 25.0 Å². The Bertz CT molecular complexity index is 493. The van der Waals surface area contributed by atoms with Crippen LogP contribution in [0.3, 0.4) is 0 Å². The predicted octanol–water partition coefficient (Wildman–Crippen LogP) is 1.63. The van der Waals surface area contributed by atoms with Crippen molar-refractivity contribution in [3.63, 3.8) is 0 Å². The van der Waals surface area contributed by atoms with Crippen LogP contribution in [0.2, 0.25) is 0 Å². The highest BCUT2D eigenvalue weighted by atomic mass is 16.2. The molecule has 5 heteroatoms. The molecule has 0 spiro atoms. The summed E-state index contributed by atoms with van der Waals surface area (Å²) in [5.74, 6) is 1.55. The van der Waals surface area contributed by atoms with Crippen LogP contribution in [0.1, 0.15) is 37.8 Å². The number of likely N-dealkylation sites (N-methyl/N-ethyl adjacent to an activating group) is 1. The minimum Gasteiger partial charge on any atom is -0.345 e. The zero-order valence-corrected chi connectivity index (χ0v) is 13.3. The van der Waals surface area contributed by atoms with Crippen LogP contribution in [-0.4, -0.2) is 40.4 Å². The Kier molecular flexibility index (Phi) is 4.71. The summed E-state index contributed by atoms with van der Waals surface area (Å²) in [4.78, 5) is 22.9. The quantitative estimate of drug-likeness (QED) is 0.917. The van der Waals surface area contributed by atoms with Crippen LogP contribution in [0.25, 0.3) is 0 Å². The lowest BCUT2D eigenvalue weighted by molar-refractivity contribution is -0.137. The van der Waals surface area contributed by atoms with Crippen molar-refractivity contribution in [2.75, 3.05) is 13.6 Å². The van der Waals surface area contributed by atoms with Crippen molar-refractivity contribution in [1.29, 1.82) is 0 Å². The SMILES string of the molecule is CN(CCc1cnccn1)C(=O)C1CC2CCCC(C1)C2N. The summed E-state index contributed by atoms with van der Waals surface area (Å²) < 4.78 is 0. The molecule has 2 unspecified atom stereocenters. The molecule has 0 aromatic carbocycles. The van der Waals surface area contributed by atoms with Gasteiger partial charge in [0.1, 0.15) is 0 Å². The van der Waals surface area contributed by atoms with Crippen molar-refractivity contribution >= 4 is 5.91 Å². The summed E-state index contributed by atoms with van der Waals surface area (Å²) in [6.45, 7) is 0.704. The van der Waals surface area contributed by atoms with E-state index in [1.165, 1.54) is 19.3 Å². The van der Waals surface area contributed by atoms with Crippen molar-refractivity contribution in [2.24, 2.45) is 23.5 Å². The lowest BCUT2D eigenvalue weighted by Gasteiger charge is -2.44. The Labute approximate surface area is 132 Å². The molecule has 1 heterocycles. The molecule has 2 aliphatic carbocycles. The Morgan fingerprint density at radius 2 is 2.05 bits per heavy atom. The van der Waals surface area contributed by atoms with Gasteiger partial charge in [0, 0.05) is 50.6 Å². The molecule has 5 nitrogen and oxygen atoms in total. The Hall–Kier alpha value is -1.49. The van der Waals surface area contributed by atoms with Crippen LogP contribution in [0.15, 0.2) is 18.6 Å².